The van der Waals surface area contributed by atoms with Crippen LogP contribution in [0.5, 0.6) is 5.75 Å². The lowest BCUT2D eigenvalue weighted by atomic mass is 10.1. The minimum atomic E-state index is -0.432. The number of rotatable bonds is 8. The van der Waals surface area contributed by atoms with Crippen LogP contribution in [0.3, 0.4) is 0 Å². The lowest BCUT2D eigenvalue weighted by Crippen LogP contribution is -2.30. The molecule has 0 radical (unpaired) electrons. The Morgan fingerprint density at radius 3 is 2.58 bits per heavy atom. The van der Waals surface area contributed by atoms with Crippen LogP contribution in [-0.4, -0.2) is 37.4 Å². The van der Waals surface area contributed by atoms with E-state index in [0.717, 1.165) is 5.75 Å². The van der Waals surface area contributed by atoms with Crippen LogP contribution in [0, 0.1) is 5.92 Å². The average Bonchev–Trinajstić information content (AvgIpc) is 3.24. The van der Waals surface area contributed by atoms with Gasteiger partial charge in [0.1, 0.15) is 5.75 Å². The van der Waals surface area contributed by atoms with Gasteiger partial charge in [-0.1, -0.05) is 43.8 Å². The number of benzene rings is 2. The lowest BCUT2D eigenvalue weighted by molar-refractivity contribution is -0.116. The third kappa shape index (κ3) is 4.36. The van der Waals surface area contributed by atoms with E-state index >= 15 is 0 Å². The van der Waals surface area contributed by atoms with Crippen LogP contribution >= 0.6 is 11.8 Å². The van der Waals surface area contributed by atoms with Crippen molar-refractivity contribution in [2.75, 3.05) is 12.4 Å². The highest BCUT2D eigenvalue weighted by Crippen LogP contribution is 2.30. The standard InChI is InChI=1S/C24H25N5O3S/c1-5-14-28-22(31)18-8-6-7-9-19(18)29-23(28)26-27-24(29)33-20(15(2)3)21(30)25-16-10-12-17(32-4)13-11-16/h5-13,15,20H,1,14H2,2-4H3,(H,25,30). The SMILES string of the molecule is C=CCn1c(=O)c2ccccc2n2c(SC(C(=O)Nc3ccc(OC)cc3)C(C)C)nnc12. The van der Waals surface area contributed by atoms with Crippen molar-refractivity contribution < 1.29 is 9.53 Å². The second kappa shape index (κ2) is 9.50. The first-order valence-electron chi connectivity index (χ1n) is 10.5. The second-order valence-electron chi connectivity index (χ2n) is 7.84. The van der Waals surface area contributed by atoms with Gasteiger partial charge in [-0.3, -0.25) is 18.6 Å². The number of aromatic nitrogens is 4. The fraction of sp³-hybridized carbons (Fsp3) is 0.250. The fourth-order valence-electron chi connectivity index (χ4n) is 3.60. The van der Waals surface area contributed by atoms with Crippen LogP contribution in [-0.2, 0) is 11.3 Å². The number of thioether (sulfide) groups is 1. The Morgan fingerprint density at radius 1 is 1.18 bits per heavy atom. The van der Waals surface area contributed by atoms with E-state index in [0.29, 0.717) is 34.1 Å². The quantitative estimate of drug-likeness (QED) is 0.314. The van der Waals surface area contributed by atoms with Gasteiger partial charge in [-0.05, 0) is 42.3 Å². The zero-order valence-corrected chi connectivity index (χ0v) is 19.5. The maximum Gasteiger partial charge on any atom is 0.263 e. The number of ether oxygens (including phenoxy) is 1. The molecule has 170 valence electrons. The summed E-state index contributed by atoms with van der Waals surface area (Å²) in [5, 5.41) is 12.3. The predicted octanol–water partition coefficient (Wildman–Crippen LogP) is 3.99. The number of hydrogen-bond donors (Lipinski definition) is 1. The molecule has 2 heterocycles. The molecule has 9 heteroatoms. The Morgan fingerprint density at radius 2 is 1.91 bits per heavy atom. The summed E-state index contributed by atoms with van der Waals surface area (Å²) < 4.78 is 8.55. The Kier molecular flexibility index (Phi) is 6.50. The molecule has 4 aromatic rings. The van der Waals surface area contributed by atoms with Crippen molar-refractivity contribution in [3.8, 4) is 5.75 Å². The van der Waals surface area contributed by atoms with Crippen LogP contribution in [0.25, 0.3) is 16.7 Å². The number of para-hydroxylation sites is 1. The number of hydrogen-bond acceptors (Lipinski definition) is 6. The Hall–Kier alpha value is -3.59. The molecule has 1 unspecified atom stereocenters. The summed E-state index contributed by atoms with van der Waals surface area (Å²) >= 11 is 1.33. The Bertz CT molecular complexity index is 1370. The van der Waals surface area contributed by atoms with Crippen LogP contribution in [0.15, 0.2) is 71.1 Å². The Balaban J connectivity index is 1.73. The summed E-state index contributed by atoms with van der Waals surface area (Å²) in [5.41, 5.74) is 1.23. The van der Waals surface area contributed by atoms with Crippen molar-refractivity contribution in [1.29, 1.82) is 0 Å². The number of anilines is 1. The van der Waals surface area contributed by atoms with Crippen molar-refractivity contribution in [3.05, 3.63) is 71.5 Å². The molecule has 4 rings (SSSR count). The van der Waals surface area contributed by atoms with Crippen molar-refractivity contribution in [2.24, 2.45) is 5.92 Å². The minimum Gasteiger partial charge on any atom is -0.497 e. The van der Waals surface area contributed by atoms with E-state index in [2.05, 4.69) is 22.1 Å². The first-order valence-corrected chi connectivity index (χ1v) is 11.4. The van der Waals surface area contributed by atoms with E-state index in [9.17, 15) is 9.59 Å². The molecule has 0 aliphatic carbocycles. The minimum absolute atomic E-state index is 0.0194. The molecule has 2 aromatic carbocycles. The summed E-state index contributed by atoms with van der Waals surface area (Å²) in [6.07, 6.45) is 1.65. The van der Waals surface area contributed by atoms with Crippen molar-refractivity contribution >= 4 is 40.0 Å². The highest BCUT2D eigenvalue weighted by Gasteiger charge is 2.27. The third-order valence-electron chi connectivity index (χ3n) is 5.24. The monoisotopic (exact) mass is 463 g/mol. The summed E-state index contributed by atoms with van der Waals surface area (Å²) in [5.74, 6) is 1.01. The van der Waals surface area contributed by atoms with Crippen LogP contribution in [0.1, 0.15) is 13.8 Å². The maximum absolute atomic E-state index is 13.2. The molecule has 1 atom stereocenters. The van der Waals surface area contributed by atoms with Gasteiger partial charge >= 0.3 is 0 Å². The molecular weight excluding hydrogens is 438 g/mol. The lowest BCUT2D eigenvalue weighted by Gasteiger charge is -2.19. The highest BCUT2D eigenvalue weighted by atomic mass is 32.2. The summed E-state index contributed by atoms with van der Waals surface area (Å²) in [7, 11) is 1.60. The molecular formula is C24H25N5O3S. The van der Waals surface area contributed by atoms with Gasteiger partial charge in [0, 0.05) is 12.2 Å². The average molecular weight is 464 g/mol. The molecule has 0 bridgehead atoms. The van der Waals surface area contributed by atoms with Crippen molar-refractivity contribution in [2.45, 2.75) is 30.8 Å². The Labute approximate surface area is 195 Å². The van der Waals surface area contributed by atoms with E-state index in [1.54, 1.807) is 43.5 Å². The first-order chi connectivity index (χ1) is 15.9. The fourth-order valence-corrected chi connectivity index (χ4v) is 4.64. The maximum atomic E-state index is 13.2. The zero-order valence-electron chi connectivity index (χ0n) is 18.7. The number of nitrogens with zero attached hydrogens (tertiary/aromatic N) is 4. The number of carbonyl (C=O) groups excluding carboxylic acids is 1. The van der Waals surface area contributed by atoms with Gasteiger partial charge in [-0.2, -0.15) is 0 Å². The molecule has 0 saturated carbocycles. The van der Waals surface area contributed by atoms with Gasteiger partial charge in [0.2, 0.25) is 11.7 Å². The van der Waals surface area contributed by atoms with Crippen molar-refractivity contribution in [1.82, 2.24) is 19.2 Å². The number of amides is 1. The number of nitrogens with one attached hydrogen (secondary N) is 1. The van der Waals surface area contributed by atoms with Gasteiger partial charge in [-0.15, -0.1) is 16.8 Å². The van der Waals surface area contributed by atoms with E-state index in [4.69, 9.17) is 4.74 Å². The summed E-state index contributed by atoms with van der Waals surface area (Å²) in [4.78, 5) is 26.2. The molecule has 2 aromatic heterocycles. The molecule has 0 aliphatic rings. The first kappa shape index (κ1) is 22.6. The molecule has 1 N–H and O–H groups in total. The van der Waals surface area contributed by atoms with Crippen LogP contribution in [0.2, 0.25) is 0 Å². The van der Waals surface area contributed by atoms with E-state index in [-0.39, 0.29) is 17.4 Å². The molecule has 0 spiro atoms. The zero-order chi connectivity index (χ0) is 23.5. The van der Waals surface area contributed by atoms with E-state index < -0.39 is 5.25 Å². The number of allylic oxidation sites excluding steroid dienone is 1. The molecule has 0 saturated heterocycles. The van der Waals surface area contributed by atoms with E-state index in [1.165, 1.54) is 16.3 Å². The molecule has 33 heavy (non-hydrogen) atoms. The largest absolute Gasteiger partial charge is 0.497 e. The van der Waals surface area contributed by atoms with Gasteiger partial charge in [0.15, 0.2) is 5.16 Å². The van der Waals surface area contributed by atoms with Crippen molar-refractivity contribution in [3.63, 3.8) is 0 Å². The normalized spacial score (nSPS) is 12.2. The van der Waals surface area contributed by atoms with Gasteiger partial charge in [-0.25, -0.2) is 0 Å². The smallest absolute Gasteiger partial charge is 0.263 e. The highest BCUT2D eigenvalue weighted by molar-refractivity contribution is 8.00. The topological polar surface area (TPSA) is 90.5 Å². The molecule has 0 aliphatic heterocycles. The molecule has 1 amide bonds. The molecule has 0 fully saturated rings. The number of carbonyl (C=O) groups is 1. The predicted molar refractivity (Wildman–Crippen MR) is 131 cm³/mol. The van der Waals surface area contributed by atoms with E-state index in [1.807, 2.05) is 36.4 Å². The van der Waals surface area contributed by atoms with Gasteiger partial charge in [0.25, 0.3) is 5.56 Å². The van der Waals surface area contributed by atoms with Gasteiger partial charge < -0.3 is 10.1 Å². The summed E-state index contributed by atoms with van der Waals surface area (Å²) in [6, 6.07) is 14.5. The van der Waals surface area contributed by atoms with Crippen LogP contribution < -0.4 is 15.6 Å². The third-order valence-corrected chi connectivity index (χ3v) is 6.73. The number of fused-ring (bicyclic) bond motifs is 3. The van der Waals surface area contributed by atoms with Crippen LogP contribution in [0.4, 0.5) is 5.69 Å². The summed E-state index contributed by atoms with van der Waals surface area (Å²) in [6.45, 7) is 8.03. The second-order valence-corrected chi connectivity index (χ2v) is 8.95. The number of methoxy groups -OCH3 is 1. The molecule has 8 nitrogen and oxygen atoms in total. The van der Waals surface area contributed by atoms with Gasteiger partial charge in [0.05, 0.1) is 23.3 Å².